The highest BCUT2D eigenvalue weighted by molar-refractivity contribution is 9.09. The minimum absolute atomic E-state index is 0.405. The third-order valence-electron chi connectivity index (χ3n) is 0.792. The van der Waals surface area contributed by atoms with Gasteiger partial charge in [-0.2, -0.15) is 0 Å². The Morgan fingerprint density at radius 3 is 2.88 bits per heavy atom. The summed E-state index contributed by atoms with van der Waals surface area (Å²) in [7, 11) is 0. The van der Waals surface area contributed by atoms with Crippen molar-refractivity contribution >= 4 is 27.3 Å². The minimum Gasteiger partial charge on any atom is -0.249 e. The molecule has 0 bridgehead atoms. The lowest BCUT2D eigenvalue weighted by Gasteiger charge is -1.91. The highest BCUT2D eigenvalue weighted by atomic mass is 79.9. The van der Waals surface area contributed by atoms with Gasteiger partial charge in [0.2, 0.25) is 0 Å². The van der Waals surface area contributed by atoms with Gasteiger partial charge in [0.05, 0.1) is 4.83 Å². The third-order valence-corrected chi connectivity index (χ3v) is 2.49. The Morgan fingerprint density at radius 2 is 2.62 bits per heavy atom. The van der Waals surface area contributed by atoms with Crippen molar-refractivity contribution in [2.24, 2.45) is 0 Å². The van der Waals surface area contributed by atoms with Gasteiger partial charge in [0, 0.05) is 11.6 Å². The Kier molecular flexibility index (Phi) is 2.02. The Bertz CT molecular complexity index is 147. The average molecular weight is 192 g/mol. The number of halogens is 1. The second-order valence-corrected chi connectivity index (χ2v) is 3.79. The zero-order valence-electron chi connectivity index (χ0n) is 4.47. The fourth-order valence-corrected chi connectivity index (χ4v) is 1.44. The smallest absolute Gasteiger partial charge is 0.106 e. The van der Waals surface area contributed by atoms with Crippen molar-refractivity contribution in [1.82, 2.24) is 4.98 Å². The monoisotopic (exact) mass is 191 g/mol. The first kappa shape index (κ1) is 6.23. The van der Waals surface area contributed by atoms with Gasteiger partial charge in [-0.25, -0.2) is 4.98 Å². The maximum absolute atomic E-state index is 4.09. The molecule has 0 radical (unpaired) electrons. The average Bonchev–Trinajstić information content (AvgIpc) is 2.12. The first-order valence-corrected chi connectivity index (χ1v) is 4.13. The molecule has 1 nitrogen and oxygen atoms in total. The molecule has 1 heterocycles. The van der Waals surface area contributed by atoms with Crippen LogP contribution in [0, 0.1) is 0 Å². The van der Waals surface area contributed by atoms with Crippen LogP contribution in [0.5, 0.6) is 0 Å². The second-order valence-electron chi connectivity index (χ2n) is 1.49. The summed E-state index contributed by atoms with van der Waals surface area (Å²) in [6, 6.07) is 0. The summed E-state index contributed by atoms with van der Waals surface area (Å²) in [5.74, 6) is 0. The third kappa shape index (κ3) is 1.29. The molecule has 3 heteroatoms. The highest BCUT2D eigenvalue weighted by Gasteiger charge is 1.99. The lowest BCUT2D eigenvalue weighted by Crippen LogP contribution is -1.77. The molecule has 1 aromatic heterocycles. The molecule has 0 aliphatic rings. The van der Waals surface area contributed by atoms with Crippen LogP contribution in [-0.4, -0.2) is 4.98 Å². The predicted octanol–water partition coefficient (Wildman–Crippen LogP) is 2.60. The number of thiazole rings is 1. The van der Waals surface area contributed by atoms with Crippen LogP contribution in [0.15, 0.2) is 11.6 Å². The molecule has 0 aliphatic carbocycles. The Balaban J connectivity index is 2.77. The van der Waals surface area contributed by atoms with E-state index in [2.05, 4.69) is 27.8 Å². The van der Waals surface area contributed by atoms with E-state index in [9.17, 15) is 0 Å². The lowest BCUT2D eigenvalue weighted by atomic mass is 10.5. The van der Waals surface area contributed by atoms with Crippen molar-refractivity contribution in [3.63, 3.8) is 0 Å². The van der Waals surface area contributed by atoms with Crippen molar-refractivity contribution in [1.29, 1.82) is 0 Å². The summed E-state index contributed by atoms with van der Waals surface area (Å²) in [4.78, 5) is 4.49. The summed E-state index contributed by atoms with van der Waals surface area (Å²) < 4.78 is 0. The van der Waals surface area contributed by atoms with Gasteiger partial charge in [-0.3, -0.25) is 0 Å². The van der Waals surface area contributed by atoms with Gasteiger partial charge < -0.3 is 0 Å². The maximum atomic E-state index is 4.09. The van der Waals surface area contributed by atoms with E-state index in [-0.39, 0.29) is 0 Å². The van der Waals surface area contributed by atoms with Crippen LogP contribution in [0.3, 0.4) is 0 Å². The molecule has 0 aromatic carbocycles. The van der Waals surface area contributed by atoms with E-state index in [4.69, 9.17) is 0 Å². The van der Waals surface area contributed by atoms with Crippen molar-refractivity contribution < 1.29 is 0 Å². The molecule has 1 atom stereocenters. The molecular formula is C5H6BrNS. The van der Waals surface area contributed by atoms with Gasteiger partial charge in [0.25, 0.3) is 0 Å². The minimum atomic E-state index is 0.405. The fourth-order valence-electron chi connectivity index (χ4n) is 0.431. The SMILES string of the molecule is C[C@H](Br)c1nccs1. The number of rotatable bonds is 1. The molecule has 0 saturated heterocycles. The number of alkyl halides is 1. The Morgan fingerprint density at radius 1 is 1.88 bits per heavy atom. The summed E-state index contributed by atoms with van der Waals surface area (Å²) in [5, 5.41) is 3.12. The van der Waals surface area contributed by atoms with Crippen LogP contribution >= 0.6 is 27.3 Å². The molecule has 0 fully saturated rings. The van der Waals surface area contributed by atoms with Crippen LogP contribution in [0.25, 0.3) is 0 Å². The first-order valence-electron chi connectivity index (χ1n) is 2.34. The zero-order valence-corrected chi connectivity index (χ0v) is 6.87. The molecule has 1 rings (SSSR count). The number of hydrogen-bond donors (Lipinski definition) is 0. The lowest BCUT2D eigenvalue weighted by molar-refractivity contribution is 1.08. The van der Waals surface area contributed by atoms with Crippen molar-refractivity contribution in [2.45, 2.75) is 11.8 Å². The largest absolute Gasteiger partial charge is 0.249 e. The first-order chi connectivity index (χ1) is 3.80. The predicted molar refractivity (Wildman–Crippen MR) is 39.5 cm³/mol. The van der Waals surface area contributed by atoms with Gasteiger partial charge in [-0.1, -0.05) is 15.9 Å². The van der Waals surface area contributed by atoms with Crippen molar-refractivity contribution in [3.05, 3.63) is 16.6 Å². The maximum Gasteiger partial charge on any atom is 0.106 e. The number of hydrogen-bond acceptors (Lipinski definition) is 2. The standard InChI is InChI=1S/C5H6BrNS/c1-4(6)5-7-2-3-8-5/h2-4H,1H3/t4-/m0/s1. The van der Waals surface area contributed by atoms with Gasteiger partial charge in [-0.05, 0) is 6.92 Å². The van der Waals surface area contributed by atoms with Crippen LogP contribution in [0.1, 0.15) is 16.8 Å². The molecular weight excluding hydrogens is 186 g/mol. The Labute approximate surface area is 60.9 Å². The van der Waals surface area contributed by atoms with E-state index in [1.165, 1.54) is 0 Å². The normalized spacial score (nSPS) is 13.8. The van der Waals surface area contributed by atoms with Gasteiger partial charge in [-0.15, -0.1) is 11.3 Å². The molecule has 0 unspecified atom stereocenters. The molecule has 0 N–H and O–H groups in total. The summed E-state index contributed by atoms with van der Waals surface area (Å²) in [6.45, 7) is 2.07. The van der Waals surface area contributed by atoms with Crippen LogP contribution in [0.4, 0.5) is 0 Å². The van der Waals surface area contributed by atoms with E-state index >= 15 is 0 Å². The fraction of sp³-hybridized carbons (Fsp3) is 0.400. The van der Waals surface area contributed by atoms with Crippen LogP contribution in [-0.2, 0) is 0 Å². The molecule has 0 spiro atoms. The molecule has 1 aromatic rings. The second kappa shape index (κ2) is 2.60. The topological polar surface area (TPSA) is 12.9 Å². The summed E-state index contributed by atoms with van der Waals surface area (Å²) in [6.07, 6.45) is 1.82. The number of nitrogens with zero attached hydrogens (tertiary/aromatic N) is 1. The van der Waals surface area contributed by atoms with E-state index in [1.807, 2.05) is 11.6 Å². The Hall–Kier alpha value is 0.110. The molecule has 0 aliphatic heterocycles. The van der Waals surface area contributed by atoms with Crippen molar-refractivity contribution in [2.75, 3.05) is 0 Å². The van der Waals surface area contributed by atoms with Crippen LogP contribution < -0.4 is 0 Å². The molecule has 0 saturated carbocycles. The quantitative estimate of drug-likeness (QED) is 0.623. The number of aromatic nitrogens is 1. The molecule has 44 valence electrons. The summed E-state index contributed by atoms with van der Waals surface area (Å²) >= 11 is 5.08. The summed E-state index contributed by atoms with van der Waals surface area (Å²) in [5.41, 5.74) is 0. The van der Waals surface area contributed by atoms with Crippen LogP contribution in [0.2, 0.25) is 0 Å². The van der Waals surface area contributed by atoms with E-state index < -0.39 is 0 Å². The van der Waals surface area contributed by atoms with E-state index in [0.717, 1.165) is 5.01 Å². The van der Waals surface area contributed by atoms with Gasteiger partial charge >= 0.3 is 0 Å². The zero-order chi connectivity index (χ0) is 5.98. The molecule has 0 amide bonds. The highest BCUT2D eigenvalue weighted by Crippen LogP contribution is 2.22. The van der Waals surface area contributed by atoms with Crippen molar-refractivity contribution in [3.8, 4) is 0 Å². The van der Waals surface area contributed by atoms with E-state index in [1.54, 1.807) is 11.3 Å². The van der Waals surface area contributed by atoms with E-state index in [0.29, 0.717) is 4.83 Å². The van der Waals surface area contributed by atoms with Gasteiger partial charge in [0.1, 0.15) is 5.01 Å². The van der Waals surface area contributed by atoms with Gasteiger partial charge in [0.15, 0.2) is 0 Å². The molecule has 8 heavy (non-hydrogen) atoms.